The number of hydrogen-bond donors (Lipinski definition) is 4. The molecule has 1 saturated carbocycles. The van der Waals surface area contributed by atoms with Gasteiger partial charge in [0.25, 0.3) is 0 Å². The van der Waals surface area contributed by atoms with Crippen LogP contribution in [0.2, 0.25) is 0 Å². The Labute approximate surface area is 120 Å². The number of hydrogen-bond acceptors (Lipinski definition) is 4. The van der Waals surface area contributed by atoms with E-state index in [4.69, 9.17) is 5.73 Å². The van der Waals surface area contributed by atoms with Crippen LogP contribution >= 0.6 is 7.37 Å². The molecule has 118 valence electrons. The van der Waals surface area contributed by atoms with Crippen molar-refractivity contribution in [1.82, 2.24) is 5.32 Å². The molecule has 1 amide bonds. The van der Waals surface area contributed by atoms with Crippen molar-refractivity contribution in [3.05, 3.63) is 0 Å². The van der Waals surface area contributed by atoms with Gasteiger partial charge in [0.1, 0.15) is 0 Å². The van der Waals surface area contributed by atoms with Gasteiger partial charge < -0.3 is 21.1 Å². The van der Waals surface area contributed by atoms with E-state index in [2.05, 4.69) is 5.32 Å². The summed E-state index contributed by atoms with van der Waals surface area (Å²) in [6, 6.07) is -0.648. The van der Waals surface area contributed by atoms with Crippen LogP contribution in [0.25, 0.3) is 0 Å². The molecule has 0 aromatic carbocycles. The third kappa shape index (κ3) is 6.84. The molecular formula is C13H27N2O4P. The molecule has 0 bridgehead atoms. The highest BCUT2D eigenvalue weighted by molar-refractivity contribution is 7.58. The molecule has 0 saturated heterocycles. The van der Waals surface area contributed by atoms with Crippen molar-refractivity contribution >= 4 is 13.3 Å². The molecule has 6 nitrogen and oxygen atoms in total. The molecule has 1 rings (SSSR count). The van der Waals surface area contributed by atoms with Gasteiger partial charge in [0.15, 0.2) is 0 Å². The van der Waals surface area contributed by atoms with E-state index < -0.39 is 19.5 Å². The largest absolute Gasteiger partial charge is 0.391 e. The molecule has 0 aromatic heterocycles. The van der Waals surface area contributed by atoms with Gasteiger partial charge >= 0.3 is 0 Å². The molecule has 20 heavy (non-hydrogen) atoms. The van der Waals surface area contributed by atoms with Crippen LogP contribution in [-0.2, 0) is 9.36 Å². The molecule has 0 radical (unpaired) electrons. The van der Waals surface area contributed by atoms with Gasteiger partial charge in [0.05, 0.1) is 18.3 Å². The molecule has 1 aliphatic rings. The highest BCUT2D eigenvalue weighted by atomic mass is 31.2. The van der Waals surface area contributed by atoms with Gasteiger partial charge in [-0.3, -0.25) is 9.36 Å². The van der Waals surface area contributed by atoms with E-state index in [9.17, 15) is 19.4 Å². The first-order valence-corrected chi connectivity index (χ1v) is 9.35. The number of aliphatic hydroxyl groups is 1. The first-order chi connectivity index (χ1) is 9.30. The van der Waals surface area contributed by atoms with Crippen molar-refractivity contribution in [2.24, 2.45) is 11.7 Å². The summed E-state index contributed by atoms with van der Waals surface area (Å²) in [5, 5.41) is 12.2. The van der Waals surface area contributed by atoms with Crippen molar-refractivity contribution < 1.29 is 19.4 Å². The fraction of sp³-hybridized carbons (Fsp3) is 0.923. The van der Waals surface area contributed by atoms with Crippen molar-refractivity contribution in [3.63, 3.8) is 0 Å². The maximum Gasteiger partial charge on any atom is 0.236 e. The third-order valence-electron chi connectivity index (χ3n) is 3.69. The van der Waals surface area contributed by atoms with Gasteiger partial charge in [-0.15, -0.1) is 0 Å². The van der Waals surface area contributed by atoms with Crippen molar-refractivity contribution in [2.45, 2.75) is 51.2 Å². The Morgan fingerprint density at radius 2 is 2.00 bits per heavy atom. The molecule has 1 fully saturated rings. The summed E-state index contributed by atoms with van der Waals surface area (Å²) in [5.74, 6) is -0.0745. The number of aliphatic hydroxyl groups excluding tert-OH is 1. The second-order valence-corrected chi connectivity index (χ2v) is 8.33. The molecule has 0 spiro atoms. The van der Waals surface area contributed by atoms with E-state index in [0.717, 1.165) is 25.7 Å². The summed E-state index contributed by atoms with van der Waals surface area (Å²) in [7, 11) is -3.33. The lowest BCUT2D eigenvalue weighted by molar-refractivity contribution is -0.122. The minimum atomic E-state index is -3.33. The summed E-state index contributed by atoms with van der Waals surface area (Å²) in [6.07, 6.45) is 4.57. The molecule has 3 atom stereocenters. The SMILES string of the molecule is C[C@@H](N)C(=O)NC[C@H](O)CP(=O)(O)CC1CCCCC1. The van der Waals surface area contributed by atoms with E-state index in [1.165, 1.54) is 6.42 Å². The Balaban J connectivity index is 2.32. The van der Waals surface area contributed by atoms with Crippen molar-refractivity contribution in [3.8, 4) is 0 Å². The van der Waals surface area contributed by atoms with E-state index in [0.29, 0.717) is 5.92 Å². The van der Waals surface area contributed by atoms with Crippen molar-refractivity contribution in [2.75, 3.05) is 18.9 Å². The van der Waals surface area contributed by atoms with Crippen LogP contribution in [0.4, 0.5) is 0 Å². The van der Waals surface area contributed by atoms with E-state index in [1.54, 1.807) is 6.92 Å². The zero-order valence-corrected chi connectivity index (χ0v) is 13.0. The number of carbonyl (C=O) groups is 1. The minimum Gasteiger partial charge on any atom is -0.391 e. The Morgan fingerprint density at radius 1 is 1.40 bits per heavy atom. The second kappa shape index (κ2) is 8.13. The average Bonchev–Trinajstić information content (AvgIpc) is 2.35. The molecule has 7 heteroatoms. The van der Waals surface area contributed by atoms with Gasteiger partial charge in [-0.25, -0.2) is 0 Å². The fourth-order valence-electron chi connectivity index (χ4n) is 2.62. The zero-order valence-electron chi connectivity index (χ0n) is 12.1. The predicted octanol–water partition coefficient (Wildman–Crippen LogP) is 0.661. The highest BCUT2D eigenvalue weighted by Crippen LogP contribution is 2.45. The predicted molar refractivity (Wildman–Crippen MR) is 78.8 cm³/mol. The lowest BCUT2D eigenvalue weighted by atomic mass is 9.91. The minimum absolute atomic E-state index is 0.0322. The van der Waals surface area contributed by atoms with E-state index in [-0.39, 0.29) is 24.8 Å². The molecular weight excluding hydrogens is 279 g/mol. The summed E-state index contributed by atoms with van der Waals surface area (Å²) in [6.45, 7) is 1.51. The molecule has 0 aliphatic heterocycles. The second-order valence-electron chi connectivity index (χ2n) is 5.90. The lowest BCUT2D eigenvalue weighted by Gasteiger charge is -2.25. The molecule has 5 N–H and O–H groups in total. The van der Waals surface area contributed by atoms with E-state index in [1.807, 2.05) is 0 Å². The van der Waals surface area contributed by atoms with E-state index >= 15 is 0 Å². The van der Waals surface area contributed by atoms with Crippen LogP contribution in [0, 0.1) is 5.92 Å². The average molecular weight is 306 g/mol. The molecule has 0 aromatic rings. The summed E-state index contributed by atoms with van der Waals surface area (Å²) in [4.78, 5) is 21.2. The number of nitrogens with two attached hydrogens (primary N) is 1. The monoisotopic (exact) mass is 306 g/mol. The normalized spacial score (nSPS) is 22.8. The van der Waals surface area contributed by atoms with Crippen LogP contribution in [-0.4, -0.2) is 46.9 Å². The zero-order chi connectivity index (χ0) is 15.2. The maximum absolute atomic E-state index is 12.1. The van der Waals surface area contributed by atoms with Crippen LogP contribution in [0.1, 0.15) is 39.0 Å². The summed E-state index contributed by atoms with van der Waals surface area (Å²) in [5.41, 5.74) is 5.38. The first kappa shape index (κ1) is 17.6. The van der Waals surface area contributed by atoms with Crippen LogP contribution in [0.3, 0.4) is 0 Å². The lowest BCUT2D eigenvalue weighted by Crippen LogP contribution is -2.42. The van der Waals surface area contributed by atoms with Crippen molar-refractivity contribution in [1.29, 1.82) is 0 Å². The summed E-state index contributed by atoms with van der Waals surface area (Å²) >= 11 is 0. The van der Waals surface area contributed by atoms with Gasteiger partial charge in [0, 0.05) is 12.7 Å². The smallest absolute Gasteiger partial charge is 0.236 e. The quantitative estimate of drug-likeness (QED) is 0.516. The van der Waals surface area contributed by atoms with Gasteiger partial charge in [-0.1, -0.05) is 19.3 Å². The third-order valence-corrected chi connectivity index (χ3v) is 5.77. The van der Waals surface area contributed by atoms with Crippen LogP contribution < -0.4 is 11.1 Å². The topological polar surface area (TPSA) is 113 Å². The Bertz CT molecular complexity index is 356. The number of carbonyl (C=O) groups excluding carboxylic acids is 1. The fourth-order valence-corrected chi connectivity index (χ4v) is 4.73. The van der Waals surface area contributed by atoms with Gasteiger partial charge in [-0.05, 0) is 25.7 Å². The van der Waals surface area contributed by atoms with Gasteiger partial charge in [-0.2, -0.15) is 0 Å². The number of nitrogens with one attached hydrogen (secondary N) is 1. The first-order valence-electron chi connectivity index (χ1n) is 7.32. The molecule has 0 heterocycles. The Morgan fingerprint density at radius 3 is 2.55 bits per heavy atom. The standard InChI is InChI=1S/C13H27N2O4P/c1-10(14)13(17)15-7-12(16)9-20(18,19)8-11-5-3-2-4-6-11/h10-12,16H,2-9,14H2,1H3,(H,15,17)(H,18,19)/t10-,12+/m1/s1. The van der Waals surface area contributed by atoms with Crippen LogP contribution in [0.15, 0.2) is 0 Å². The molecule has 1 unspecified atom stereocenters. The number of amides is 1. The Hall–Kier alpha value is -0.420. The Kier molecular flexibility index (Phi) is 7.17. The van der Waals surface area contributed by atoms with Gasteiger partial charge in [0.2, 0.25) is 13.3 Å². The molecule has 1 aliphatic carbocycles. The maximum atomic E-state index is 12.1. The summed E-state index contributed by atoms with van der Waals surface area (Å²) < 4.78 is 12.1. The highest BCUT2D eigenvalue weighted by Gasteiger charge is 2.28. The van der Waals surface area contributed by atoms with Crippen LogP contribution in [0.5, 0.6) is 0 Å². The number of rotatable bonds is 7.